The average molecular weight is 230 g/mol. The summed E-state index contributed by atoms with van der Waals surface area (Å²) in [6.07, 6.45) is 1.40. The molecule has 0 fully saturated rings. The van der Waals surface area contributed by atoms with Crippen molar-refractivity contribution in [2.75, 3.05) is 0 Å². The number of benzene rings is 1. The molecule has 4 heteroatoms. The second kappa shape index (κ2) is 5.18. The van der Waals surface area contributed by atoms with E-state index in [1.807, 2.05) is 12.1 Å². The Bertz CT molecular complexity index is 368. The molecule has 0 saturated heterocycles. The zero-order valence-corrected chi connectivity index (χ0v) is 8.83. The molecule has 0 aliphatic heterocycles. The number of nitriles is 1. The molecule has 1 aromatic rings. The van der Waals surface area contributed by atoms with Gasteiger partial charge in [0.15, 0.2) is 0 Å². The quantitative estimate of drug-likeness (QED) is 0.563. The van der Waals surface area contributed by atoms with Gasteiger partial charge in [0.25, 0.3) is 0 Å². The standard InChI is InChI=1S/C9H5Cl2NS/c10-7-2-3-9(8(11)6-7)13-5-1-4-12/h1-3,5-6H. The molecule has 0 atom stereocenters. The number of allylic oxidation sites excluding steroid dienone is 1. The number of halogens is 2. The molecular formula is C9H5Cl2NS. The lowest BCUT2D eigenvalue weighted by Gasteiger charge is -1.99. The smallest absolute Gasteiger partial charge is 0.0917 e. The molecule has 0 bridgehead atoms. The van der Waals surface area contributed by atoms with E-state index in [0.717, 1.165) is 4.90 Å². The second-order valence-electron chi connectivity index (χ2n) is 2.12. The van der Waals surface area contributed by atoms with Crippen LogP contribution in [-0.2, 0) is 0 Å². The summed E-state index contributed by atoms with van der Waals surface area (Å²) >= 11 is 13.0. The summed E-state index contributed by atoms with van der Waals surface area (Å²) in [6.45, 7) is 0. The topological polar surface area (TPSA) is 23.8 Å². The Morgan fingerprint density at radius 1 is 1.38 bits per heavy atom. The summed E-state index contributed by atoms with van der Waals surface area (Å²) in [6, 6.07) is 7.15. The zero-order chi connectivity index (χ0) is 9.68. The van der Waals surface area contributed by atoms with Crippen molar-refractivity contribution in [3.63, 3.8) is 0 Å². The highest BCUT2D eigenvalue weighted by Gasteiger charge is 1.98. The van der Waals surface area contributed by atoms with Crippen LogP contribution >= 0.6 is 35.0 Å². The molecule has 0 amide bonds. The summed E-state index contributed by atoms with van der Waals surface area (Å²) < 4.78 is 0. The fourth-order valence-corrected chi connectivity index (χ4v) is 1.84. The molecule has 66 valence electrons. The molecular weight excluding hydrogens is 225 g/mol. The van der Waals surface area contributed by atoms with Crippen LogP contribution < -0.4 is 0 Å². The van der Waals surface area contributed by atoms with Crippen molar-refractivity contribution in [2.24, 2.45) is 0 Å². The SMILES string of the molecule is N#CC=CSc1ccc(Cl)cc1Cl. The third kappa shape index (κ3) is 3.31. The molecule has 0 radical (unpaired) electrons. The van der Waals surface area contributed by atoms with Crippen LogP contribution in [0, 0.1) is 11.3 Å². The highest BCUT2D eigenvalue weighted by molar-refractivity contribution is 8.02. The van der Waals surface area contributed by atoms with E-state index in [4.69, 9.17) is 28.5 Å². The van der Waals surface area contributed by atoms with Gasteiger partial charge in [-0.05, 0) is 23.6 Å². The molecule has 0 unspecified atom stereocenters. The molecule has 1 rings (SSSR count). The molecule has 0 heterocycles. The van der Waals surface area contributed by atoms with Crippen molar-refractivity contribution >= 4 is 35.0 Å². The third-order valence-corrected chi connectivity index (χ3v) is 2.77. The first-order chi connectivity index (χ1) is 6.24. The van der Waals surface area contributed by atoms with Crippen LogP contribution in [-0.4, -0.2) is 0 Å². The lowest BCUT2D eigenvalue weighted by molar-refractivity contribution is 1.47. The number of hydrogen-bond donors (Lipinski definition) is 0. The van der Waals surface area contributed by atoms with E-state index in [1.54, 1.807) is 17.5 Å². The van der Waals surface area contributed by atoms with Crippen LogP contribution in [0.5, 0.6) is 0 Å². The highest BCUT2D eigenvalue weighted by Crippen LogP contribution is 2.29. The van der Waals surface area contributed by atoms with Gasteiger partial charge in [0, 0.05) is 16.0 Å². The summed E-state index contributed by atoms with van der Waals surface area (Å²) in [4.78, 5) is 0.887. The number of rotatable bonds is 2. The van der Waals surface area contributed by atoms with E-state index in [2.05, 4.69) is 0 Å². The Kier molecular flexibility index (Phi) is 4.17. The molecule has 13 heavy (non-hydrogen) atoms. The van der Waals surface area contributed by atoms with Crippen molar-refractivity contribution in [1.82, 2.24) is 0 Å². The highest BCUT2D eigenvalue weighted by atomic mass is 35.5. The van der Waals surface area contributed by atoms with Crippen LogP contribution in [0.15, 0.2) is 34.6 Å². The van der Waals surface area contributed by atoms with Gasteiger partial charge in [-0.1, -0.05) is 35.0 Å². The van der Waals surface area contributed by atoms with Crippen molar-refractivity contribution < 1.29 is 0 Å². The third-order valence-electron chi connectivity index (χ3n) is 1.23. The van der Waals surface area contributed by atoms with Crippen molar-refractivity contribution in [1.29, 1.82) is 5.26 Å². The van der Waals surface area contributed by atoms with Gasteiger partial charge in [0.2, 0.25) is 0 Å². The fourth-order valence-electron chi connectivity index (χ4n) is 0.709. The normalized spacial score (nSPS) is 10.2. The predicted molar refractivity (Wildman–Crippen MR) is 57.1 cm³/mol. The second-order valence-corrected chi connectivity index (χ2v) is 3.92. The number of nitrogens with zero attached hydrogens (tertiary/aromatic N) is 1. The van der Waals surface area contributed by atoms with E-state index in [0.29, 0.717) is 10.0 Å². The molecule has 0 aliphatic carbocycles. The lowest BCUT2D eigenvalue weighted by atomic mass is 10.4. The van der Waals surface area contributed by atoms with E-state index in [1.165, 1.54) is 17.8 Å². The summed E-state index contributed by atoms with van der Waals surface area (Å²) in [5.74, 6) is 0. The van der Waals surface area contributed by atoms with Crippen LogP contribution in [0.3, 0.4) is 0 Å². The van der Waals surface area contributed by atoms with Crippen LogP contribution in [0.25, 0.3) is 0 Å². The number of hydrogen-bond acceptors (Lipinski definition) is 2. The first-order valence-corrected chi connectivity index (χ1v) is 5.04. The van der Waals surface area contributed by atoms with E-state index in [9.17, 15) is 0 Å². The molecule has 0 N–H and O–H groups in total. The van der Waals surface area contributed by atoms with Crippen molar-refractivity contribution in [3.05, 3.63) is 39.7 Å². The molecule has 1 aromatic carbocycles. The molecule has 1 nitrogen and oxygen atoms in total. The number of thioether (sulfide) groups is 1. The van der Waals surface area contributed by atoms with Gasteiger partial charge in [0.05, 0.1) is 11.1 Å². The van der Waals surface area contributed by atoms with Gasteiger partial charge in [-0.2, -0.15) is 5.26 Å². The Morgan fingerprint density at radius 3 is 2.77 bits per heavy atom. The van der Waals surface area contributed by atoms with Gasteiger partial charge in [-0.15, -0.1) is 0 Å². The summed E-state index contributed by atoms with van der Waals surface area (Å²) in [7, 11) is 0. The van der Waals surface area contributed by atoms with Gasteiger partial charge in [-0.3, -0.25) is 0 Å². The molecule has 0 aromatic heterocycles. The average Bonchev–Trinajstić information content (AvgIpc) is 2.09. The van der Waals surface area contributed by atoms with Crippen LogP contribution in [0.2, 0.25) is 10.0 Å². The maximum atomic E-state index is 8.25. The maximum absolute atomic E-state index is 8.25. The van der Waals surface area contributed by atoms with Crippen molar-refractivity contribution in [2.45, 2.75) is 4.90 Å². The van der Waals surface area contributed by atoms with E-state index in [-0.39, 0.29) is 0 Å². The minimum atomic E-state index is 0.597. The first kappa shape index (κ1) is 10.5. The Hall–Kier alpha value is -0.620. The van der Waals surface area contributed by atoms with E-state index < -0.39 is 0 Å². The fraction of sp³-hybridized carbons (Fsp3) is 0. The van der Waals surface area contributed by atoms with Crippen molar-refractivity contribution in [3.8, 4) is 6.07 Å². The Labute approximate surface area is 91.0 Å². The molecule has 0 saturated carbocycles. The largest absolute Gasteiger partial charge is 0.193 e. The molecule has 0 spiro atoms. The monoisotopic (exact) mass is 229 g/mol. The van der Waals surface area contributed by atoms with Gasteiger partial charge >= 0.3 is 0 Å². The predicted octanol–water partition coefficient (Wildman–Crippen LogP) is 4.12. The van der Waals surface area contributed by atoms with E-state index >= 15 is 0 Å². The minimum Gasteiger partial charge on any atom is -0.193 e. The van der Waals surface area contributed by atoms with Gasteiger partial charge < -0.3 is 0 Å². The lowest BCUT2D eigenvalue weighted by Crippen LogP contribution is -1.71. The first-order valence-electron chi connectivity index (χ1n) is 3.40. The van der Waals surface area contributed by atoms with Crippen LogP contribution in [0.1, 0.15) is 0 Å². The van der Waals surface area contributed by atoms with Crippen LogP contribution in [0.4, 0.5) is 0 Å². The minimum absolute atomic E-state index is 0.597. The maximum Gasteiger partial charge on any atom is 0.0917 e. The summed E-state index contributed by atoms with van der Waals surface area (Å²) in [5, 5.41) is 11.1. The van der Waals surface area contributed by atoms with Gasteiger partial charge in [-0.25, -0.2) is 0 Å². The summed E-state index contributed by atoms with van der Waals surface area (Å²) in [5.41, 5.74) is 0. The zero-order valence-electron chi connectivity index (χ0n) is 6.50. The van der Waals surface area contributed by atoms with Gasteiger partial charge in [0.1, 0.15) is 0 Å². The Morgan fingerprint density at radius 2 is 2.15 bits per heavy atom. The Balaban J connectivity index is 2.79. The molecule has 0 aliphatic rings.